The monoisotopic (exact) mass is 537 g/mol. The number of pyridine rings is 1. The standard InChI is InChI=1S/C31H32FN7O/c1-21-12-13-22(2)28-24(21)20-25(31(40)33-28)29(30-34-35-36-39(30)15-14-23-8-4-3-5-9-23)38-18-16-37(17-19-38)27-11-7-6-10-26(27)32/h3-13,20,29H,14-19H2,1-2H3,(H,33,40)/t29-/m0/s1. The summed E-state index contributed by atoms with van der Waals surface area (Å²) in [6.45, 7) is 7.11. The van der Waals surface area contributed by atoms with E-state index in [4.69, 9.17) is 0 Å². The van der Waals surface area contributed by atoms with Crippen molar-refractivity contribution >= 4 is 16.6 Å². The topological polar surface area (TPSA) is 82.9 Å². The highest BCUT2D eigenvalue weighted by Crippen LogP contribution is 2.30. The third kappa shape index (κ3) is 5.00. The fourth-order valence-corrected chi connectivity index (χ4v) is 5.67. The van der Waals surface area contributed by atoms with Gasteiger partial charge in [0.05, 0.1) is 11.2 Å². The van der Waals surface area contributed by atoms with E-state index in [1.165, 1.54) is 11.6 Å². The molecule has 3 heterocycles. The van der Waals surface area contributed by atoms with Crippen molar-refractivity contribution in [1.29, 1.82) is 0 Å². The number of hydrogen-bond donors (Lipinski definition) is 1. The predicted molar refractivity (Wildman–Crippen MR) is 154 cm³/mol. The smallest absolute Gasteiger partial charge is 0.253 e. The number of tetrazole rings is 1. The molecule has 6 rings (SSSR count). The van der Waals surface area contributed by atoms with Gasteiger partial charge < -0.3 is 9.88 Å². The van der Waals surface area contributed by atoms with Gasteiger partial charge in [0, 0.05) is 43.7 Å². The van der Waals surface area contributed by atoms with Gasteiger partial charge in [-0.25, -0.2) is 9.07 Å². The maximum Gasteiger partial charge on any atom is 0.253 e. The molecule has 1 fully saturated rings. The summed E-state index contributed by atoms with van der Waals surface area (Å²) in [6, 6.07) is 22.7. The minimum Gasteiger partial charge on any atom is -0.367 e. The average Bonchev–Trinajstić information content (AvgIpc) is 3.44. The summed E-state index contributed by atoms with van der Waals surface area (Å²) in [5.41, 5.74) is 5.20. The summed E-state index contributed by atoms with van der Waals surface area (Å²) < 4.78 is 16.3. The molecule has 1 atom stereocenters. The number of H-pyrrole nitrogens is 1. The number of para-hydroxylation sites is 1. The summed E-state index contributed by atoms with van der Waals surface area (Å²) >= 11 is 0. The molecule has 1 N–H and O–H groups in total. The Bertz CT molecular complexity index is 1690. The van der Waals surface area contributed by atoms with Crippen molar-refractivity contribution < 1.29 is 4.39 Å². The van der Waals surface area contributed by atoms with Crippen LogP contribution < -0.4 is 10.5 Å². The molecule has 2 aromatic heterocycles. The summed E-state index contributed by atoms with van der Waals surface area (Å²) in [7, 11) is 0. The second-order valence-corrected chi connectivity index (χ2v) is 10.4. The Morgan fingerprint density at radius 1 is 0.925 bits per heavy atom. The van der Waals surface area contributed by atoms with Crippen LogP contribution in [-0.2, 0) is 13.0 Å². The number of nitrogens with zero attached hydrogens (tertiary/aromatic N) is 6. The number of hydrogen-bond acceptors (Lipinski definition) is 6. The zero-order valence-electron chi connectivity index (χ0n) is 22.7. The maximum atomic E-state index is 14.5. The molecular formula is C31H32FN7O. The van der Waals surface area contributed by atoms with E-state index in [2.05, 4.69) is 55.4 Å². The number of benzene rings is 3. The molecule has 1 aliphatic rings. The van der Waals surface area contributed by atoms with Crippen LogP contribution in [-0.4, -0.2) is 56.3 Å². The van der Waals surface area contributed by atoms with Gasteiger partial charge in [-0.3, -0.25) is 9.69 Å². The number of rotatable bonds is 7. The minimum absolute atomic E-state index is 0.152. The SMILES string of the molecule is Cc1ccc(C)c2[nH]c(=O)c([C@@H](c3nnnn3CCc3ccccc3)N3CCN(c4ccccc4F)CC3)cc12. The number of nitrogens with one attached hydrogen (secondary N) is 1. The van der Waals surface area contributed by atoms with Gasteiger partial charge >= 0.3 is 0 Å². The van der Waals surface area contributed by atoms with Crippen LogP contribution in [0.1, 0.15) is 34.1 Å². The molecule has 204 valence electrons. The Morgan fingerprint density at radius 2 is 1.65 bits per heavy atom. The molecule has 8 nitrogen and oxygen atoms in total. The lowest BCUT2D eigenvalue weighted by Gasteiger charge is -2.39. The van der Waals surface area contributed by atoms with Crippen molar-refractivity contribution in [1.82, 2.24) is 30.1 Å². The van der Waals surface area contributed by atoms with Gasteiger partial charge in [0.2, 0.25) is 0 Å². The number of fused-ring (bicyclic) bond motifs is 1. The van der Waals surface area contributed by atoms with Crippen LogP contribution in [0.2, 0.25) is 0 Å². The van der Waals surface area contributed by atoms with Crippen molar-refractivity contribution in [2.24, 2.45) is 0 Å². The first-order valence-corrected chi connectivity index (χ1v) is 13.7. The van der Waals surface area contributed by atoms with E-state index in [1.54, 1.807) is 6.07 Å². The number of aryl methyl sites for hydroxylation is 4. The summed E-state index contributed by atoms with van der Waals surface area (Å²) in [4.78, 5) is 21.1. The highest BCUT2D eigenvalue weighted by atomic mass is 19.1. The number of piperazine rings is 1. The van der Waals surface area contributed by atoms with E-state index in [0.29, 0.717) is 49.8 Å². The lowest BCUT2D eigenvalue weighted by molar-refractivity contribution is 0.199. The van der Waals surface area contributed by atoms with Gasteiger partial charge in [0.1, 0.15) is 11.9 Å². The van der Waals surface area contributed by atoms with Gasteiger partial charge in [-0.2, -0.15) is 0 Å². The molecule has 5 aromatic rings. The first kappa shape index (κ1) is 25.9. The minimum atomic E-state index is -0.457. The van der Waals surface area contributed by atoms with Crippen LogP contribution in [0.15, 0.2) is 77.6 Å². The molecular weight excluding hydrogens is 505 g/mol. The maximum absolute atomic E-state index is 14.5. The van der Waals surface area contributed by atoms with Crippen molar-refractivity contribution in [3.05, 3.63) is 117 Å². The molecule has 0 amide bonds. The molecule has 0 saturated carbocycles. The average molecular weight is 538 g/mol. The third-order valence-corrected chi connectivity index (χ3v) is 7.90. The van der Waals surface area contributed by atoms with Gasteiger partial charge in [-0.1, -0.05) is 54.6 Å². The van der Waals surface area contributed by atoms with Crippen molar-refractivity contribution in [2.45, 2.75) is 32.9 Å². The Kier molecular flexibility index (Phi) is 7.13. The van der Waals surface area contributed by atoms with Crippen LogP contribution in [0.25, 0.3) is 10.9 Å². The quantitative estimate of drug-likeness (QED) is 0.331. The molecule has 40 heavy (non-hydrogen) atoms. The molecule has 9 heteroatoms. The summed E-state index contributed by atoms with van der Waals surface area (Å²) in [5, 5.41) is 13.8. The molecule has 0 unspecified atom stereocenters. The van der Waals surface area contributed by atoms with E-state index in [0.717, 1.165) is 28.5 Å². The molecule has 0 spiro atoms. The van der Waals surface area contributed by atoms with Gasteiger partial charge in [0.25, 0.3) is 5.56 Å². The van der Waals surface area contributed by atoms with Crippen molar-refractivity contribution in [2.75, 3.05) is 31.1 Å². The molecule has 1 saturated heterocycles. The summed E-state index contributed by atoms with van der Waals surface area (Å²) in [6.07, 6.45) is 0.763. The van der Waals surface area contributed by atoms with Crippen LogP contribution >= 0.6 is 0 Å². The lowest BCUT2D eigenvalue weighted by atomic mass is 9.99. The zero-order valence-corrected chi connectivity index (χ0v) is 22.7. The summed E-state index contributed by atoms with van der Waals surface area (Å²) in [5.74, 6) is 0.402. The van der Waals surface area contributed by atoms with E-state index in [-0.39, 0.29) is 11.4 Å². The normalized spacial score (nSPS) is 15.0. The van der Waals surface area contributed by atoms with E-state index in [9.17, 15) is 9.18 Å². The van der Waals surface area contributed by atoms with Crippen LogP contribution in [0.4, 0.5) is 10.1 Å². The first-order chi connectivity index (χ1) is 19.5. The number of aromatic nitrogens is 5. The van der Waals surface area contributed by atoms with Crippen molar-refractivity contribution in [3.8, 4) is 0 Å². The fourth-order valence-electron chi connectivity index (χ4n) is 5.67. The van der Waals surface area contributed by atoms with E-state index >= 15 is 0 Å². The predicted octanol–water partition coefficient (Wildman–Crippen LogP) is 4.42. The number of aromatic amines is 1. The van der Waals surface area contributed by atoms with Gasteiger partial charge in [-0.15, -0.1) is 5.10 Å². The second kappa shape index (κ2) is 11.0. The Balaban J connectivity index is 1.38. The highest BCUT2D eigenvalue weighted by molar-refractivity contribution is 5.85. The fraction of sp³-hybridized carbons (Fsp3) is 0.290. The van der Waals surface area contributed by atoms with Crippen LogP contribution in [0.5, 0.6) is 0 Å². The number of halogens is 1. The third-order valence-electron chi connectivity index (χ3n) is 7.90. The molecule has 0 radical (unpaired) electrons. The first-order valence-electron chi connectivity index (χ1n) is 13.7. The molecule has 3 aromatic carbocycles. The van der Waals surface area contributed by atoms with Crippen molar-refractivity contribution in [3.63, 3.8) is 0 Å². The zero-order chi connectivity index (χ0) is 27.6. The Labute approximate surface area is 232 Å². The van der Waals surface area contributed by atoms with Gasteiger partial charge in [-0.05, 0) is 65.6 Å². The highest BCUT2D eigenvalue weighted by Gasteiger charge is 2.33. The van der Waals surface area contributed by atoms with Gasteiger partial charge in [0.15, 0.2) is 5.82 Å². The van der Waals surface area contributed by atoms with E-state index in [1.807, 2.05) is 54.1 Å². The molecule has 0 bridgehead atoms. The molecule has 1 aliphatic heterocycles. The van der Waals surface area contributed by atoms with E-state index < -0.39 is 6.04 Å². The lowest BCUT2D eigenvalue weighted by Crippen LogP contribution is -2.49. The number of anilines is 1. The second-order valence-electron chi connectivity index (χ2n) is 10.4. The van der Waals surface area contributed by atoms with Crippen LogP contribution in [0, 0.1) is 19.7 Å². The van der Waals surface area contributed by atoms with Crippen LogP contribution in [0.3, 0.4) is 0 Å². The largest absolute Gasteiger partial charge is 0.367 e. The molecule has 0 aliphatic carbocycles. The Morgan fingerprint density at radius 3 is 2.42 bits per heavy atom. The Hall–Kier alpha value is -4.37.